The van der Waals surface area contributed by atoms with Crippen LogP contribution in [0.5, 0.6) is 0 Å². The van der Waals surface area contributed by atoms with E-state index in [0.29, 0.717) is 0 Å². The molecule has 60 heavy (non-hydrogen) atoms. The van der Waals surface area contributed by atoms with E-state index in [1.165, 1.54) is 88.7 Å². The molecule has 0 heterocycles. The molecule has 0 amide bonds. The highest BCUT2D eigenvalue weighted by molar-refractivity contribution is 6.03. The minimum absolute atomic E-state index is 0.505. The molecule has 12 rings (SSSR count). The summed E-state index contributed by atoms with van der Waals surface area (Å²) in [4.78, 5) is 2.46. The summed E-state index contributed by atoms with van der Waals surface area (Å²) in [5, 5.41) is 2.52. The van der Waals surface area contributed by atoms with Crippen molar-refractivity contribution in [3.63, 3.8) is 0 Å². The molecule has 1 heteroatoms. The Morgan fingerprint density at radius 2 is 0.750 bits per heavy atom. The zero-order valence-corrected chi connectivity index (χ0v) is 33.0. The Kier molecular flexibility index (Phi) is 7.83. The van der Waals surface area contributed by atoms with Gasteiger partial charge in [-0.1, -0.05) is 200 Å². The number of hydrogen-bond acceptors (Lipinski definition) is 1. The van der Waals surface area contributed by atoms with E-state index in [4.69, 9.17) is 0 Å². The number of fused-ring (bicyclic) bond motifs is 11. The highest BCUT2D eigenvalue weighted by Crippen LogP contribution is 2.65. The Bertz CT molecular complexity index is 3150. The maximum absolute atomic E-state index is 2.50. The Labute approximate surface area is 351 Å². The Morgan fingerprint density at radius 1 is 0.283 bits per heavy atom. The van der Waals surface area contributed by atoms with Gasteiger partial charge in [0.15, 0.2) is 0 Å². The van der Waals surface area contributed by atoms with Crippen molar-refractivity contribution in [3.05, 3.63) is 259 Å². The third-order valence-corrected chi connectivity index (χ3v) is 12.9. The first-order chi connectivity index (χ1) is 29.8. The van der Waals surface area contributed by atoms with Crippen LogP contribution in [0.15, 0.2) is 237 Å². The molecule has 1 unspecified atom stereocenters. The van der Waals surface area contributed by atoms with Crippen molar-refractivity contribution >= 4 is 27.8 Å². The lowest BCUT2D eigenvalue weighted by atomic mass is 9.70. The molecule has 1 spiro atoms. The van der Waals surface area contributed by atoms with E-state index in [0.717, 1.165) is 17.1 Å². The van der Waals surface area contributed by atoms with Gasteiger partial charge in [-0.2, -0.15) is 0 Å². The van der Waals surface area contributed by atoms with Crippen molar-refractivity contribution in [1.82, 2.24) is 0 Å². The van der Waals surface area contributed by atoms with Gasteiger partial charge in [0.25, 0.3) is 0 Å². The molecular weight excluding hydrogens is 723 g/mol. The van der Waals surface area contributed by atoms with Gasteiger partial charge in [0.05, 0.1) is 11.1 Å². The van der Waals surface area contributed by atoms with Crippen LogP contribution in [0.2, 0.25) is 0 Å². The number of hydrogen-bond donors (Lipinski definition) is 0. The predicted octanol–water partition coefficient (Wildman–Crippen LogP) is 15.7. The molecule has 1 nitrogen and oxygen atoms in total. The fraction of sp³-hybridized carbons (Fsp3) is 0.0169. The van der Waals surface area contributed by atoms with Crippen LogP contribution in [0, 0.1) is 0 Å². The zero-order chi connectivity index (χ0) is 39.6. The first-order valence-corrected chi connectivity index (χ1v) is 20.8. The average Bonchev–Trinajstić information content (AvgIpc) is 3.80. The largest absolute Gasteiger partial charge is 0.310 e. The monoisotopic (exact) mass is 761 g/mol. The standard InChI is InChI=1S/C59H39N/c1-3-15-40(16-4-1)42-29-34-46(35-30-42)60(47-36-31-43(32-37-47)41-17-5-2-6-18-41)57-28-14-27-55-58(57)52-23-10-12-26-54(52)59(55)53-25-11-9-22-50(53)51-38-33-45(39-56(51)59)49-24-13-20-44-19-7-8-21-48(44)49/h1-39H. The summed E-state index contributed by atoms with van der Waals surface area (Å²) in [6, 6.07) is 87.3. The molecular formula is C59H39N. The third kappa shape index (κ3) is 5.13. The second kappa shape index (κ2) is 13.7. The summed E-state index contributed by atoms with van der Waals surface area (Å²) in [5.74, 6) is 0. The van der Waals surface area contributed by atoms with Crippen molar-refractivity contribution in [2.45, 2.75) is 5.41 Å². The van der Waals surface area contributed by atoms with E-state index in [2.05, 4.69) is 241 Å². The minimum atomic E-state index is -0.505. The summed E-state index contributed by atoms with van der Waals surface area (Å²) in [6.45, 7) is 0. The maximum Gasteiger partial charge on any atom is 0.0726 e. The zero-order valence-electron chi connectivity index (χ0n) is 33.0. The van der Waals surface area contributed by atoms with E-state index in [9.17, 15) is 0 Å². The fourth-order valence-corrected chi connectivity index (χ4v) is 10.3. The molecule has 2 aliphatic carbocycles. The molecule has 0 fully saturated rings. The van der Waals surface area contributed by atoms with Crippen LogP contribution in [-0.4, -0.2) is 0 Å². The van der Waals surface area contributed by atoms with Crippen molar-refractivity contribution in [1.29, 1.82) is 0 Å². The molecule has 280 valence electrons. The predicted molar refractivity (Wildman–Crippen MR) is 251 cm³/mol. The molecule has 0 aromatic heterocycles. The van der Waals surface area contributed by atoms with Gasteiger partial charge in [-0.05, 0) is 119 Å². The average molecular weight is 762 g/mol. The number of nitrogens with zero attached hydrogens (tertiary/aromatic N) is 1. The second-order valence-corrected chi connectivity index (χ2v) is 16.0. The number of anilines is 3. The normalized spacial score (nSPS) is 14.4. The van der Waals surface area contributed by atoms with Crippen molar-refractivity contribution in [3.8, 4) is 55.6 Å². The Hall–Kier alpha value is -7.74. The van der Waals surface area contributed by atoms with E-state index in [-0.39, 0.29) is 0 Å². The first-order valence-electron chi connectivity index (χ1n) is 20.8. The second-order valence-electron chi connectivity index (χ2n) is 16.0. The van der Waals surface area contributed by atoms with Crippen molar-refractivity contribution in [2.24, 2.45) is 0 Å². The topological polar surface area (TPSA) is 3.24 Å². The number of benzene rings is 10. The van der Waals surface area contributed by atoms with Gasteiger partial charge in [-0.25, -0.2) is 0 Å². The van der Waals surface area contributed by atoms with Crippen molar-refractivity contribution < 1.29 is 0 Å². The summed E-state index contributed by atoms with van der Waals surface area (Å²) < 4.78 is 0. The van der Waals surface area contributed by atoms with Gasteiger partial charge in [0.2, 0.25) is 0 Å². The van der Waals surface area contributed by atoms with E-state index in [1.807, 2.05) is 0 Å². The highest BCUT2D eigenvalue weighted by atomic mass is 15.1. The van der Waals surface area contributed by atoms with Gasteiger partial charge >= 0.3 is 0 Å². The maximum atomic E-state index is 2.50. The van der Waals surface area contributed by atoms with Crippen LogP contribution in [-0.2, 0) is 5.41 Å². The molecule has 10 aromatic rings. The minimum Gasteiger partial charge on any atom is -0.310 e. The molecule has 2 aliphatic rings. The van der Waals surface area contributed by atoms with E-state index >= 15 is 0 Å². The molecule has 0 saturated carbocycles. The van der Waals surface area contributed by atoms with Gasteiger partial charge in [0, 0.05) is 16.9 Å². The van der Waals surface area contributed by atoms with E-state index in [1.54, 1.807) is 0 Å². The summed E-state index contributed by atoms with van der Waals surface area (Å²) in [5.41, 5.74) is 20.6. The van der Waals surface area contributed by atoms with Crippen LogP contribution >= 0.6 is 0 Å². The van der Waals surface area contributed by atoms with Crippen LogP contribution < -0.4 is 4.90 Å². The lowest BCUT2D eigenvalue weighted by molar-refractivity contribution is 0.794. The lowest BCUT2D eigenvalue weighted by Crippen LogP contribution is -2.26. The van der Waals surface area contributed by atoms with Gasteiger partial charge in [-0.15, -0.1) is 0 Å². The molecule has 0 radical (unpaired) electrons. The van der Waals surface area contributed by atoms with Crippen LogP contribution in [0.1, 0.15) is 22.3 Å². The lowest BCUT2D eigenvalue weighted by Gasteiger charge is -2.32. The Balaban J connectivity index is 1.10. The smallest absolute Gasteiger partial charge is 0.0726 e. The van der Waals surface area contributed by atoms with Gasteiger partial charge in [-0.3, -0.25) is 0 Å². The Morgan fingerprint density at radius 3 is 1.43 bits per heavy atom. The molecule has 0 bridgehead atoms. The van der Waals surface area contributed by atoms with Crippen LogP contribution in [0.25, 0.3) is 66.4 Å². The summed E-state index contributed by atoms with van der Waals surface area (Å²) in [6.07, 6.45) is 0. The summed E-state index contributed by atoms with van der Waals surface area (Å²) in [7, 11) is 0. The van der Waals surface area contributed by atoms with Crippen molar-refractivity contribution in [2.75, 3.05) is 4.90 Å². The molecule has 0 aliphatic heterocycles. The molecule has 10 aromatic carbocycles. The fourth-order valence-electron chi connectivity index (χ4n) is 10.3. The van der Waals surface area contributed by atoms with Gasteiger partial charge < -0.3 is 4.90 Å². The SMILES string of the molecule is c1ccc(-c2ccc(N(c3ccc(-c4ccccc4)cc3)c3cccc4c3-c3ccccc3C43c4ccccc4-c4ccc(-c5cccc6ccccc56)cc43)cc2)cc1. The van der Waals surface area contributed by atoms with Crippen LogP contribution in [0.4, 0.5) is 17.1 Å². The number of rotatable bonds is 6. The van der Waals surface area contributed by atoms with E-state index < -0.39 is 5.41 Å². The summed E-state index contributed by atoms with van der Waals surface area (Å²) >= 11 is 0. The van der Waals surface area contributed by atoms with Crippen LogP contribution in [0.3, 0.4) is 0 Å². The third-order valence-electron chi connectivity index (χ3n) is 12.9. The van der Waals surface area contributed by atoms with Gasteiger partial charge in [0.1, 0.15) is 0 Å². The first kappa shape index (κ1) is 34.3. The quantitative estimate of drug-likeness (QED) is 0.163. The molecule has 1 atom stereocenters. The molecule has 0 saturated heterocycles. The highest BCUT2D eigenvalue weighted by Gasteiger charge is 2.52. The molecule has 0 N–H and O–H groups in total.